The average molecular weight is 389 g/mol. The lowest BCUT2D eigenvalue weighted by Gasteiger charge is -2.52. The summed E-state index contributed by atoms with van der Waals surface area (Å²) in [5.41, 5.74) is -0.260. The smallest absolute Gasteiger partial charge is 0.389 e. The minimum absolute atomic E-state index is 0.0643. The van der Waals surface area contributed by atoms with Crippen LogP contribution < -0.4 is 0 Å². The highest BCUT2D eigenvalue weighted by Gasteiger charge is 2.46. The van der Waals surface area contributed by atoms with E-state index in [4.69, 9.17) is 0 Å². The van der Waals surface area contributed by atoms with Crippen LogP contribution in [-0.2, 0) is 19.1 Å². The van der Waals surface area contributed by atoms with E-state index in [-0.39, 0.29) is 24.1 Å². The highest BCUT2D eigenvalue weighted by atomic mass is 19.4. The molecule has 2 aliphatic rings. The molecular weight excluding hydrogens is 363 g/mol. The van der Waals surface area contributed by atoms with E-state index >= 15 is 0 Å². The molecule has 0 aromatic heterocycles. The van der Waals surface area contributed by atoms with E-state index in [1.54, 1.807) is 6.07 Å². The molecule has 2 nitrogen and oxygen atoms in total. The zero-order valence-corrected chi connectivity index (χ0v) is 15.8. The van der Waals surface area contributed by atoms with Crippen molar-refractivity contribution in [1.29, 1.82) is 0 Å². The Kier molecular flexibility index (Phi) is 5.23. The van der Waals surface area contributed by atoms with Gasteiger partial charge in [0.1, 0.15) is 0 Å². The van der Waals surface area contributed by atoms with Crippen molar-refractivity contribution in [2.24, 2.45) is 0 Å². The second-order valence-corrected chi connectivity index (χ2v) is 8.36. The molecule has 2 bridgehead atoms. The van der Waals surface area contributed by atoms with Crippen molar-refractivity contribution in [2.45, 2.75) is 68.9 Å². The largest absolute Gasteiger partial charge is 0.416 e. The molecule has 28 heavy (non-hydrogen) atoms. The van der Waals surface area contributed by atoms with E-state index in [0.717, 1.165) is 31.9 Å². The summed E-state index contributed by atoms with van der Waals surface area (Å²) in [5, 5.41) is 11.3. The Morgan fingerprint density at radius 1 is 0.929 bits per heavy atom. The van der Waals surface area contributed by atoms with Gasteiger partial charge in [-0.3, -0.25) is 4.90 Å². The van der Waals surface area contributed by atoms with Gasteiger partial charge in [-0.15, -0.1) is 0 Å². The lowest BCUT2D eigenvalue weighted by atomic mass is 9.72. The van der Waals surface area contributed by atoms with Crippen LogP contribution in [0.1, 0.15) is 48.8 Å². The van der Waals surface area contributed by atoms with Gasteiger partial charge < -0.3 is 5.11 Å². The maximum atomic E-state index is 13.4. The Balaban J connectivity index is 1.54. The molecular formula is C23H26F3NO. The van der Waals surface area contributed by atoms with Crippen LogP contribution >= 0.6 is 0 Å². The molecule has 2 aromatic rings. The van der Waals surface area contributed by atoms with E-state index < -0.39 is 17.3 Å². The van der Waals surface area contributed by atoms with Gasteiger partial charge in [-0.1, -0.05) is 55.0 Å². The fourth-order valence-corrected chi connectivity index (χ4v) is 5.12. The van der Waals surface area contributed by atoms with E-state index in [1.165, 1.54) is 17.7 Å². The number of hydrogen-bond donors (Lipinski definition) is 1. The molecule has 150 valence electrons. The molecule has 0 saturated carbocycles. The maximum absolute atomic E-state index is 13.4. The van der Waals surface area contributed by atoms with Crippen molar-refractivity contribution in [1.82, 2.24) is 4.90 Å². The number of benzene rings is 2. The number of rotatable bonds is 4. The third kappa shape index (κ3) is 4.11. The van der Waals surface area contributed by atoms with Gasteiger partial charge in [0.25, 0.3) is 0 Å². The molecule has 2 unspecified atom stereocenters. The number of hydrogen-bond acceptors (Lipinski definition) is 2. The predicted octanol–water partition coefficient (Wildman–Crippen LogP) is 5.20. The first-order chi connectivity index (χ1) is 13.3. The fourth-order valence-electron chi connectivity index (χ4n) is 5.12. The monoisotopic (exact) mass is 389 g/mol. The Morgan fingerprint density at radius 2 is 1.54 bits per heavy atom. The lowest BCUT2D eigenvalue weighted by molar-refractivity contribution is -0.139. The summed E-state index contributed by atoms with van der Waals surface area (Å²) in [4.78, 5) is 2.46. The predicted molar refractivity (Wildman–Crippen MR) is 103 cm³/mol. The van der Waals surface area contributed by atoms with Crippen molar-refractivity contribution in [3.63, 3.8) is 0 Å². The SMILES string of the molecule is OC1(Cc2ccccc2C(F)(F)F)CC2CCCC(C1)N2Cc1ccccc1. The molecule has 2 saturated heterocycles. The molecule has 4 rings (SSSR count). The summed E-state index contributed by atoms with van der Waals surface area (Å²) in [6, 6.07) is 16.4. The standard InChI is InChI=1S/C23H26F3NO/c24-23(25,26)21-12-5-4-9-18(21)13-22(28)14-19-10-6-11-20(15-22)27(19)16-17-7-2-1-3-8-17/h1-5,7-9,12,19-20,28H,6,10-11,13-16H2. The quantitative estimate of drug-likeness (QED) is 0.777. The maximum Gasteiger partial charge on any atom is 0.416 e. The number of alkyl halides is 3. The molecule has 0 spiro atoms. The highest BCUT2D eigenvalue weighted by molar-refractivity contribution is 5.31. The number of nitrogens with zero attached hydrogens (tertiary/aromatic N) is 1. The first-order valence-corrected chi connectivity index (χ1v) is 10.0. The van der Waals surface area contributed by atoms with Gasteiger partial charge in [-0.2, -0.15) is 13.2 Å². The third-order valence-electron chi connectivity index (χ3n) is 6.29. The summed E-state index contributed by atoms with van der Waals surface area (Å²) in [7, 11) is 0. The normalized spacial score (nSPS) is 28.3. The first-order valence-electron chi connectivity index (χ1n) is 10.0. The Labute approximate surface area is 164 Å². The molecule has 0 radical (unpaired) electrons. The van der Waals surface area contributed by atoms with Crippen molar-refractivity contribution in [2.75, 3.05) is 0 Å². The summed E-state index contributed by atoms with van der Waals surface area (Å²) >= 11 is 0. The van der Waals surface area contributed by atoms with Crippen molar-refractivity contribution in [3.8, 4) is 0 Å². The summed E-state index contributed by atoms with van der Waals surface area (Å²) in [6.07, 6.45) is -0.161. The van der Waals surface area contributed by atoms with E-state index in [0.29, 0.717) is 12.8 Å². The second-order valence-electron chi connectivity index (χ2n) is 8.36. The molecule has 2 aliphatic heterocycles. The zero-order chi connectivity index (χ0) is 19.8. The molecule has 2 heterocycles. The topological polar surface area (TPSA) is 23.5 Å². The Bertz CT molecular complexity index is 791. The van der Waals surface area contributed by atoms with Crippen LogP contribution in [0.2, 0.25) is 0 Å². The third-order valence-corrected chi connectivity index (χ3v) is 6.29. The molecule has 5 heteroatoms. The number of halogens is 3. The minimum atomic E-state index is -4.39. The zero-order valence-electron chi connectivity index (χ0n) is 15.8. The fraction of sp³-hybridized carbons (Fsp3) is 0.478. The molecule has 2 atom stereocenters. The molecule has 2 fully saturated rings. The van der Waals surface area contributed by atoms with Crippen molar-refractivity contribution >= 4 is 0 Å². The van der Waals surface area contributed by atoms with Crippen LogP contribution in [-0.4, -0.2) is 27.7 Å². The van der Waals surface area contributed by atoms with Crippen LogP contribution in [0, 0.1) is 0 Å². The molecule has 0 aliphatic carbocycles. The summed E-state index contributed by atoms with van der Waals surface area (Å²) in [6.45, 7) is 0.839. The van der Waals surface area contributed by atoms with Gasteiger partial charge in [0.05, 0.1) is 11.2 Å². The summed E-state index contributed by atoms with van der Waals surface area (Å²) in [5.74, 6) is 0. The second kappa shape index (κ2) is 7.53. The summed E-state index contributed by atoms with van der Waals surface area (Å²) < 4.78 is 40.1. The van der Waals surface area contributed by atoms with Crippen LogP contribution in [0.25, 0.3) is 0 Å². The van der Waals surface area contributed by atoms with Gasteiger partial charge in [0, 0.05) is 25.0 Å². The van der Waals surface area contributed by atoms with Gasteiger partial charge in [-0.05, 0) is 42.9 Å². The lowest BCUT2D eigenvalue weighted by Crippen LogP contribution is -2.58. The number of aliphatic hydroxyl groups is 1. The van der Waals surface area contributed by atoms with Crippen LogP contribution in [0.3, 0.4) is 0 Å². The highest BCUT2D eigenvalue weighted by Crippen LogP contribution is 2.43. The van der Waals surface area contributed by atoms with Gasteiger partial charge in [0.2, 0.25) is 0 Å². The average Bonchev–Trinajstić information content (AvgIpc) is 2.63. The Morgan fingerprint density at radius 3 is 2.18 bits per heavy atom. The van der Waals surface area contributed by atoms with Crippen LogP contribution in [0.15, 0.2) is 54.6 Å². The molecule has 1 N–H and O–H groups in total. The molecule has 2 aromatic carbocycles. The van der Waals surface area contributed by atoms with Gasteiger partial charge in [-0.25, -0.2) is 0 Å². The van der Waals surface area contributed by atoms with Crippen molar-refractivity contribution < 1.29 is 18.3 Å². The van der Waals surface area contributed by atoms with Crippen molar-refractivity contribution in [3.05, 3.63) is 71.3 Å². The molecule has 0 amide bonds. The number of fused-ring (bicyclic) bond motifs is 2. The van der Waals surface area contributed by atoms with Gasteiger partial charge >= 0.3 is 6.18 Å². The van der Waals surface area contributed by atoms with E-state index in [1.807, 2.05) is 18.2 Å². The first kappa shape index (κ1) is 19.5. The number of piperidine rings is 2. The minimum Gasteiger partial charge on any atom is -0.389 e. The Hall–Kier alpha value is -1.85. The van der Waals surface area contributed by atoms with Crippen LogP contribution in [0.5, 0.6) is 0 Å². The van der Waals surface area contributed by atoms with Gasteiger partial charge in [0.15, 0.2) is 0 Å². The van der Waals surface area contributed by atoms with E-state index in [2.05, 4.69) is 17.0 Å². The van der Waals surface area contributed by atoms with E-state index in [9.17, 15) is 18.3 Å². The van der Waals surface area contributed by atoms with Crippen LogP contribution in [0.4, 0.5) is 13.2 Å².